The van der Waals surface area contributed by atoms with Gasteiger partial charge in [0, 0.05) is 11.6 Å². The fourth-order valence-corrected chi connectivity index (χ4v) is 3.40. The first-order chi connectivity index (χ1) is 10.8. The predicted octanol–water partition coefficient (Wildman–Crippen LogP) is 5.40. The Labute approximate surface area is 135 Å². The highest BCUT2D eigenvalue weighted by Gasteiger charge is 2.15. The van der Waals surface area contributed by atoms with Crippen molar-refractivity contribution in [1.29, 1.82) is 0 Å². The van der Waals surface area contributed by atoms with Gasteiger partial charge < -0.3 is 5.32 Å². The van der Waals surface area contributed by atoms with Gasteiger partial charge in [-0.1, -0.05) is 76.0 Å². The molecule has 1 amide bonds. The Kier molecular flexibility index (Phi) is 7.48. The molecule has 1 aliphatic rings. The molecule has 0 saturated heterocycles. The highest BCUT2D eigenvalue weighted by molar-refractivity contribution is 5.95. The van der Waals surface area contributed by atoms with Crippen LogP contribution in [0.3, 0.4) is 0 Å². The number of carbonyl (C=O) groups excluding carboxylic acids is 1. The summed E-state index contributed by atoms with van der Waals surface area (Å²) in [6, 6.07) is 8.23. The molecule has 0 bridgehead atoms. The van der Waals surface area contributed by atoms with Crippen molar-refractivity contribution < 1.29 is 4.79 Å². The first-order valence-corrected chi connectivity index (χ1v) is 9.14. The fourth-order valence-electron chi connectivity index (χ4n) is 3.40. The molecule has 1 aliphatic carbocycles. The monoisotopic (exact) mass is 301 g/mol. The molecule has 1 N–H and O–H groups in total. The van der Waals surface area contributed by atoms with E-state index in [0.717, 1.165) is 24.0 Å². The van der Waals surface area contributed by atoms with E-state index in [1.165, 1.54) is 57.8 Å². The summed E-state index contributed by atoms with van der Waals surface area (Å²) in [5.41, 5.74) is 1.89. The van der Waals surface area contributed by atoms with Crippen molar-refractivity contribution >= 4 is 5.91 Å². The predicted molar refractivity (Wildman–Crippen MR) is 93.2 cm³/mol. The summed E-state index contributed by atoms with van der Waals surface area (Å²) in [5, 5.41) is 3.29. The number of hydrogen-bond donors (Lipinski definition) is 1. The lowest BCUT2D eigenvalue weighted by Gasteiger charge is -2.20. The zero-order valence-corrected chi connectivity index (χ0v) is 14.1. The molecule has 1 saturated carbocycles. The summed E-state index contributed by atoms with van der Waals surface area (Å²) in [6.07, 6.45) is 14.3. The van der Waals surface area contributed by atoms with E-state index < -0.39 is 0 Å². The number of hydrogen-bond acceptors (Lipinski definition) is 1. The van der Waals surface area contributed by atoms with E-state index >= 15 is 0 Å². The molecule has 0 radical (unpaired) electrons. The van der Waals surface area contributed by atoms with Crippen molar-refractivity contribution in [2.45, 2.75) is 83.6 Å². The third kappa shape index (κ3) is 5.82. The number of aryl methyl sites for hydroxylation is 1. The van der Waals surface area contributed by atoms with Crippen LogP contribution in [0, 0.1) is 6.92 Å². The van der Waals surface area contributed by atoms with Gasteiger partial charge in [-0.25, -0.2) is 0 Å². The lowest BCUT2D eigenvalue weighted by Crippen LogP contribution is -2.35. The molecule has 2 heteroatoms. The Hall–Kier alpha value is -1.31. The molecule has 1 fully saturated rings. The maximum Gasteiger partial charge on any atom is 0.251 e. The number of carbonyl (C=O) groups is 1. The van der Waals surface area contributed by atoms with Crippen molar-refractivity contribution in [2.75, 3.05) is 0 Å². The van der Waals surface area contributed by atoms with Gasteiger partial charge in [-0.05, 0) is 31.4 Å². The second kappa shape index (κ2) is 9.66. The Bertz CT molecular complexity index is 443. The lowest BCUT2D eigenvalue weighted by molar-refractivity contribution is 0.0931. The number of rotatable bonds is 2. The van der Waals surface area contributed by atoms with E-state index in [1.54, 1.807) is 0 Å². The Balaban J connectivity index is 1.89. The highest BCUT2D eigenvalue weighted by Crippen LogP contribution is 2.17. The van der Waals surface area contributed by atoms with Gasteiger partial charge in [0.25, 0.3) is 5.91 Å². The molecule has 2 rings (SSSR count). The maximum absolute atomic E-state index is 12.5. The Morgan fingerprint density at radius 3 is 1.91 bits per heavy atom. The van der Waals surface area contributed by atoms with Gasteiger partial charge in [0.2, 0.25) is 0 Å². The normalized spacial score (nSPS) is 19.0. The van der Waals surface area contributed by atoms with Crippen LogP contribution >= 0.6 is 0 Å². The zero-order chi connectivity index (χ0) is 15.6. The molecule has 22 heavy (non-hydrogen) atoms. The van der Waals surface area contributed by atoms with E-state index in [-0.39, 0.29) is 5.91 Å². The van der Waals surface area contributed by atoms with Crippen LogP contribution in [-0.2, 0) is 0 Å². The van der Waals surface area contributed by atoms with E-state index in [0.29, 0.717) is 6.04 Å². The molecule has 0 aliphatic heterocycles. The number of benzene rings is 1. The van der Waals surface area contributed by atoms with Crippen LogP contribution in [0.25, 0.3) is 0 Å². The second-order valence-corrected chi connectivity index (χ2v) is 6.74. The first-order valence-electron chi connectivity index (χ1n) is 9.14. The average Bonchev–Trinajstić information content (AvgIpc) is 2.50. The van der Waals surface area contributed by atoms with Crippen LogP contribution in [0.15, 0.2) is 24.3 Å². The van der Waals surface area contributed by atoms with Crippen molar-refractivity contribution in [3.05, 3.63) is 35.4 Å². The quantitative estimate of drug-likeness (QED) is 0.778. The Morgan fingerprint density at radius 2 is 1.36 bits per heavy atom. The molecule has 0 heterocycles. The summed E-state index contributed by atoms with van der Waals surface area (Å²) in [5.74, 6) is 0.107. The van der Waals surface area contributed by atoms with Gasteiger partial charge >= 0.3 is 0 Å². The van der Waals surface area contributed by atoms with Gasteiger partial charge in [-0.3, -0.25) is 4.79 Å². The standard InChI is InChI=1S/C20H31NO/c1-17-13-11-12-16-19(17)20(22)21-18-14-9-7-5-3-2-4-6-8-10-15-18/h11-13,16,18H,2-10,14-15H2,1H3,(H,21,22). The van der Waals surface area contributed by atoms with E-state index in [4.69, 9.17) is 0 Å². The maximum atomic E-state index is 12.5. The average molecular weight is 301 g/mol. The molecule has 2 nitrogen and oxygen atoms in total. The van der Waals surface area contributed by atoms with Crippen LogP contribution in [-0.4, -0.2) is 11.9 Å². The van der Waals surface area contributed by atoms with Gasteiger partial charge in [0.15, 0.2) is 0 Å². The molecule has 0 aromatic heterocycles. The van der Waals surface area contributed by atoms with Crippen LogP contribution in [0.5, 0.6) is 0 Å². The van der Waals surface area contributed by atoms with Crippen molar-refractivity contribution in [1.82, 2.24) is 5.32 Å². The molecular weight excluding hydrogens is 270 g/mol. The summed E-state index contributed by atoms with van der Waals surface area (Å²) in [4.78, 5) is 12.5. The fraction of sp³-hybridized carbons (Fsp3) is 0.650. The van der Waals surface area contributed by atoms with Crippen LogP contribution < -0.4 is 5.32 Å². The summed E-state index contributed by atoms with van der Waals surface area (Å²) >= 11 is 0. The summed E-state index contributed by atoms with van der Waals surface area (Å²) < 4.78 is 0. The molecule has 0 unspecified atom stereocenters. The van der Waals surface area contributed by atoms with Gasteiger partial charge in [0.05, 0.1) is 0 Å². The topological polar surface area (TPSA) is 29.1 Å². The van der Waals surface area contributed by atoms with Gasteiger partial charge in [-0.2, -0.15) is 0 Å². The van der Waals surface area contributed by atoms with Crippen LogP contribution in [0.2, 0.25) is 0 Å². The molecule has 122 valence electrons. The lowest BCUT2D eigenvalue weighted by atomic mass is 9.97. The number of nitrogens with one attached hydrogen (secondary N) is 1. The van der Waals surface area contributed by atoms with Crippen molar-refractivity contribution in [2.24, 2.45) is 0 Å². The molecule has 0 spiro atoms. The largest absolute Gasteiger partial charge is 0.349 e. The van der Waals surface area contributed by atoms with Crippen molar-refractivity contribution in [3.63, 3.8) is 0 Å². The third-order valence-electron chi connectivity index (χ3n) is 4.83. The van der Waals surface area contributed by atoms with Gasteiger partial charge in [0.1, 0.15) is 0 Å². The minimum Gasteiger partial charge on any atom is -0.349 e. The van der Waals surface area contributed by atoms with E-state index in [1.807, 2.05) is 31.2 Å². The smallest absolute Gasteiger partial charge is 0.251 e. The summed E-state index contributed by atoms with van der Waals surface area (Å²) in [6.45, 7) is 2.01. The molecular formula is C20H31NO. The van der Waals surface area contributed by atoms with Gasteiger partial charge in [-0.15, -0.1) is 0 Å². The minimum atomic E-state index is 0.107. The minimum absolute atomic E-state index is 0.107. The third-order valence-corrected chi connectivity index (χ3v) is 4.83. The Morgan fingerprint density at radius 1 is 0.864 bits per heavy atom. The highest BCUT2D eigenvalue weighted by atomic mass is 16.1. The SMILES string of the molecule is Cc1ccccc1C(=O)NC1CCCCCCCCCCC1. The molecule has 1 aromatic rings. The van der Waals surface area contributed by atoms with E-state index in [2.05, 4.69) is 5.32 Å². The molecule has 0 atom stereocenters. The van der Waals surface area contributed by atoms with Crippen LogP contribution in [0.4, 0.5) is 0 Å². The van der Waals surface area contributed by atoms with E-state index in [9.17, 15) is 4.79 Å². The summed E-state index contributed by atoms with van der Waals surface area (Å²) in [7, 11) is 0. The zero-order valence-electron chi connectivity index (χ0n) is 14.1. The first kappa shape index (κ1) is 17.1. The van der Waals surface area contributed by atoms with Crippen LogP contribution in [0.1, 0.15) is 86.6 Å². The second-order valence-electron chi connectivity index (χ2n) is 6.74. The number of amides is 1. The van der Waals surface area contributed by atoms with Crippen molar-refractivity contribution in [3.8, 4) is 0 Å². The molecule has 1 aromatic carbocycles.